The second-order valence-electron chi connectivity index (χ2n) is 14.5. The van der Waals surface area contributed by atoms with Crippen molar-refractivity contribution < 1.29 is 23.2 Å². The van der Waals surface area contributed by atoms with Gasteiger partial charge in [-0.3, -0.25) is 4.98 Å². The van der Waals surface area contributed by atoms with E-state index in [0.29, 0.717) is 29.5 Å². The van der Waals surface area contributed by atoms with Gasteiger partial charge in [0.25, 0.3) is 0 Å². The highest BCUT2D eigenvalue weighted by atomic mass is 19.1. The van der Waals surface area contributed by atoms with Crippen LogP contribution >= 0.6 is 0 Å². The Balaban J connectivity index is 1.05. The van der Waals surface area contributed by atoms with Crippen molar-refractivity contribution in [3.8, 4) is 23.0 Å². The summed E-state index contributed by atoms with van der Waals surface area (Å²) in [5, 5.41) is 0. The van der Waals surface area contributed by atoms with Gasteiger partial charge in [-0.1, -0.05) is 84.9 Å². The van der Waals surface area contributed by atoms with Crippen LogP contribution < -0.4 is 19.8 Å². The van der Waals surface area contributed by atoms with Crippen LogP contribution in [0.5, 0.6) is 11.8 Å². The molecule has 51 heavy (non-hydrogen) atoms. The maximum Gasteiger partial charge on any atom is 0.494 e. The third-order valence-corrected chi connectivity index (χ3v) is 10.5. The SMILES string of the molecule is Cc1c(N2CCC(c3ccc(B4OC(C)(C)C(C)(C)O4)cc3)CC2)cnc(-c2ccc(OCc3ccccc3)nc2OCc2ccccc2)c1F. The van der Waals surface area contributed by atoms with Crippen LogP contribution in [0.1, 0.15) is 68.7 Å². The Morgan fingerprint density at radius 1 is 0.784 bits per heavy atom. The molecule has 0 N–H and O–H groups in total. The highest BCUT2D eigenvalue weighted by Crippen LogP contribution is 2.38. The first-order valence-electron chi connectivity index (χ1n) is 17.8. The van der Waals surface area contributed by atoms with Gasteiger partial charge in [0.15, 0.2) is 5.82 Å². The second-order valence-corrected chi connectivity index (χ2v) is 14.5. The lowest BCUT2D eigenvalue weighted by atomic mass is 9.77. The van der Waals surface area contributed by atoms with Crippen molar-refractivity contribution in [2.75, 3.05) is 18.0 Å². The molecule has 9 heteroatoms. The van der Waals surface area contributed by atoms with E-state index in [9.17, 15) is 0 Å². The highest BCUT2D eigenvalue weighted by Gasteiger charge is 2.51. The molecule has 0 amide bonds. The zero-order valence-corrected chi connectivity index (χ0v) is 30.1. The number of halogens is 1. The summed E-state index contributed by atoms with van der Waals surface area (Å²) in [7, 11) is -0.368. The van der Waals surface area contributed by atoms with Crippen molar-refractivity contribution in [2.45, 2.75) is 77.8 Å². The number of pyridine rings is 2. The molecule has 2 fully saturated rings. The standard InChI is InChI=1S/C42H45BFN3O4/c1-29-36(47-24-22-33(23-25-47)32-16-18-34(19-17-32)43-50-41(2,3)42(4,5)51-43)26-45-39(38(29)44)35-20-21-37(48-27-30-12-8-6-9-13-30)46-40(35)49-28-31-14-10-7-11-15-31/h6-21,26,33H,22-25,27-28H2,1-5H3. The van der Waals surface area contributed by atoms with Crippen molar-refractivity contribution in [3.05, 3.63) is 131 Å². The minimum atomic E-state index is -0.378. The van der Waals surface area contributed by atoms with E-state index in [4.69, 9.17) is 18.8 Å². The number of anilines is 1. The molecule has 3 aromatic carbocycles. The van der Waals surface area contributed by atoms with Crippen LogP contribution in [0, 0.1) is 12.7 Å². The number of rotatable bonds is 10. The average molecular weight is 686 g/mol. The molecular weight excluding hydrogens is 640 g/mol. The summed E-state index contributed by atoms with van der Waals surface area (Å²) in [5.74, 6) is 0.708. The van der Waals surface area contributed by atoms with Gasteiger partial charge in [-0.2, -0.15) is 4.98 Å². The lowest BCUT2D eigenvalue weighted by molar-refractivity contribution is 0.00578. The van der Waals surface area contributed by atoms with Crippen LogP contribution in [0.25, 0.3) is 11.3 Å². The molecule has 0 saturated carbocycles. The first-order valence-corrected chi connectivity index (χ1v) is 17.8. The van der Waals surface area contributed by atoms with Crippen LogP contribution in [0.4, 0.5) is 10.1 Å². The number of piperidine rings is 1. The number of aromatic nitrogens is 2. The zero-order valence-electron chi connectivity index (χ0n) is 30.1. The van der Waals surface area contributed by atoms with Gasteiger partial charge in [0.2, 0.25) is 11.8 Å². The Labute approximate surface area is 300 Å². The number of benzene rings is 3. The van der Waals surface area contributed by atoms with Gasteiger partial charge < -0.3 is 23.7 Å². The Morgan fingerprint density at radius 3 is 1.98 bits per heavy atom. The van der Waals surface area contributed by atoms with Gasteiger partial charge >= 0.3 is 7.12 Å². The van der Waals surface area contributed by atoms with Gasteiger partial charge in [-0.05, 0) is 81.6 Å². The summed E-state index contributed by atoms with van der Waals surface area (Å²) < 4.78 is 41.0. The van der Waals surface area contributed by atoms with Gasteiger partial charge in [-0.15, -0.1) is 0 Å². The molecule has 0 radical (unpaired) electrons. The average Bonchev–Trinajstić information content (AvgIpc) is 3.38. The zero-order chi connectivity index (χ0) is 35.6. The summed E-state index contributed by atoms with van der Waals surface area (Å²) in [6.07, 6.45) is 3.71. The third-order valence-electron chi connectivity index (χ3n) is 10.5. The van der Waals surface area contributed by atoms with E-state index in [0.717, 1.165) is 48.2 Å². The van der Waals surface area contributed by atoms with Gasteiger partial charge in [0.1, 0.15) is 18.9 Å². The summed E-state index contributed by atoms with van der Waals surface area (Å²) in [4.78, 5) is 11.6. The molecule has 7 nitrogen and oxygen atoms in total. The maximum atomic E-state index is 16.3. The molecule has 4 heterocycles. The predicted molar refractivity (Wildman–Crippen MR) is 200 cm³/mol. The number of nitrogens with zero attached hydrogens (tertiary/aromatic N) is 3. The van der Waals surface area contributed by atoms with E-state index in [2.05, 4.69) is 66.8 Å². The number of ether oxygens (including phenoxy) is 2. The van der Waals surface area contributed by atoms with Crippen molar-refractivity contribution in [1.29, 1.82) is 0 Å². The van der Waals surface area contributed by atoms with Crippen molar-refractivity contribution in [1.82, 2.24) is 9.97 Å². The quantitative estimate of drug-likeness (QED) is 0.137. The molecule has 0 bridgehead atoms. The van der Waals surface area contributed by atoms with E-state index < -0.39 is 0 Å². The minimum absolute atomic E-state index is 0.207. The fraction of sp³-hybridized carbons (Fsp3) is 0.333. The van der Waals surface area contributed by atoms with Crippen LogP contribution in [0.3, 0.4) is 0 Å². The van der Waals surface area contributed by atoms with Gasteiger partial charge in [0.05, 0.1) is 28.6 Å². The monoisotopic (exact) mass is 685 g/mol. The maximum absolute atomic E-state index is 16.3. The van der Waals surface area contributed by atoms with E-state index in [1.807, 2.05) is 67.6 Å². The largest absolute Gasteiger partial charge is 0.494 e. The topological polar surface area (TPSA) is 65.9 Å². The molecule has 2 saturated heterocycles. The molecule has 0 aliphatic carbocycles. The molecule has 2 aliphatic rings. The van der Waals surface area contributed by atoms with Crippen molar-refractivity contribution in [3.63, 3.8) is 0 Å². The lowest BCUT2D eigenvalue weighted by Crippen LogP contribution is -2.41. The molecule has 7 rings (SSSR count). The van der Waals surface area contributed by atoms with E-state index in [1.165, 1.54) is 5.56 Å². The Hall–Kier alpha value is -4.73. The molecule has 0 atom stereocenters. The lowest BCUT2D eigenvalue weighted by Gasteiger charge is -2.34. The summed E-state index contributed by atoms with van der Waals surface area (Å²) in [5.41, 5.74) is 5.65. The van der Waals surface area contributed by atoms with Crippen molar-refractivity contribution >= 4 is 18.3 Å². The van der Waals surface area contributed by atoms with E-state index in [-0.39, 0.29) is 42.3 Å². The molecule has 2 aromatic heterocycles. The minimum Gasteiger partial charge on any atom is -0.473 e. The fourth-order valence-electron chi connectivity index (χ4n) is 6.69. The van der Waals surface area contributed by atoms with Crippen LogP contribution in [-0.2, 0) is 22.5 Å². The van der Waals surface area contributed by atoms with E-state index >= 15 is 4.39 Å². The summed E-state index contributed by atoms with van der Waals surface area (Å²) in [6, 6.07) is 31.9. The summed E-state index contributed by atoms with van der Waals surface area (Å²) >= 11 is 0. The van der Waals surface area contributed by atoms with Crippen LogP contribution in [0.15, 0.2) is 103 Å². The molecular formula is C42H45BFN3O4. The second kappa shape index (κ2) is 14.5. The molecule has 5 aromatic rings. The highest BCUT2D eigenvalue weighted by molar-refractivity contribution is 6.62. The molecule has 2 aliphatic heterocycles. The Bertz CT molecular complexity index is 1930. The number of hydrogen-bond acceptors (Lipinski definition) is 7. The van der Waals surface area contributed by atoms with Gasteiger partial charge in [0, 0.05) is 24.7 Å². The first kappa shape index (κ1) is 34.7. The van der Waals surface area contributed by atoms with E-state index in [1.54, 1.807) is 18.3 Å². The fourth-order valence-corrected chi connectivity index (χ4v) is 6.69. The molecule has 0 spiro atoms. The number of hydrogen-bond donors (Lipinski definition) is 0. The Kier molecular flexibility index (Phi) is 9.86. The Morgan fingerprint density at radius 2 is 1.37 bits per heavy atom. The molecule has 262 valence electrons. The first-order chi connectivity index (χ1) is 24.6. The van der Waals surface area contributed by atoms with Crippen LogP contribution in [0.2, 0.25) is 0 Å². The smallest absolute Gasteiger partial charge is 0.473 e. The normalized spacial score (nSPS) is 17.1. The van der Waals surface area contributed by atoms with Gasteiger partial charge in [-0.25, -0.2) is 4.39 Å². The molecule has 0 unspecified atom stereocenters. The summed E-state index contributed by atoms with van der Waals surface area (Å²) in [6.45, 7) is 12.4. The third kappa shape index (κ3) is 7.51. The van der Waals surface area contributed by atoms with Crippen LogP contribution in [-0.4, -0.2) is 41.4 Å². The predicted octanol–water partition coefficient (Wildman–Crippen LogP) is 8.43. The van der Waals surface area contributed by atoms with Crippen molar-refractivity contribution in [2.24, 2.45) is 0 Å².